The quantitative estimate of drug-likeness (QED) is 0.555. The molecule has 0 saturated heterocycles. The molecule has 0 saturated carbocycles. The summed E-state index contributed by atoms with van der Waals surface area (Å²) >= 11 is 0. The van der Waals surface area contributed by atoms with E-state index in [0.29, 0.717) is 0 Å². The van der Waals surface area contributed by atoms with Gasteiger partial charge in [0.1, 0.15) is 4.90 Å². The van der Waals surface area contributed by atoms with Crippen LogP contribution in [0.15, 0.2) is 23.2 Å². The van der Waals surface area contributed by atoms with Gasteiger partial charge < -0.3 is 15.2 Å². The fraction of sp³-hybridized carbons (Fsp3) is 0.455. The predicted molar refractivity (Wildman–Crippen MR) is 72.0 cm³/mol. The second-order valence-corrected chi connectivity index (χ2v) is 6.42. The lowest BCUT2D eigenvalue weighted by Crippen LogP contribution is -2.35. The summed E-state index contributed by atoms with van der Waals surface area (Å²) in [5.74, 6) is -2.69. The molecule has 0 aliphatic rings. The van der Waals surface area contributed by atoms with Crippen LogP contribution in [0.1, 0.15) is 13.8 Å². The number of carbonyl (C=O) groups is 1. The number of pyridine rings is 1. The van der Waals surface area contributed by atoms with Crippen molar-refractivity contribution in [2.75, 3.05) is 6.54 Å². The summed E-state index contributed by atoms with van der Waals surface area (Å²) in [7, 11) is -3.96. The Morgan fingerprint density at radius 2 is 2.10 bits per heavy atom. The first-order valence-corrected chi connectivity index (χ1v) is 7.46. The molecule has 116 valence electrons. The largest absolute Gasteiger partial charge is 0.481 e. The summed E-state index contributed by atoms with van der Waals surface area (Å²) < 4.78 is 26.1. The van der Waals surface area contributed by atoms with Gasteiger partial charge in [-0.05, 0) is 21.9 Å². The molecular formula is C11H15N3O6S. The first kappa shape index (κ1) is 17.0. The molecule has 0 aromatic carbocycles. The monoisotopic (exact) mass is 317 g/mol. The number of hydrogen-bond acceptors (Lipinski definition) is 6. The van der Waals surface area contributed by atoms with Crippen molar-refractivity contribution in [3.05, 3.63) is 28.4 Å². The fourth-order valence-electron chi connectivity index (χ4n) is 1.53. The van der Waals surface area contributed by atoms with E-state index in [1.807, 2.05) is 0 Å². The van der Waals surface area contributed by atoms with Crippen LogP contribution in [0.4, 0.5) is 5.82 Å². The number of nitro groups is 1. The van der Waals surface area contributed by atoms with Crippen LogP contribution in [0.5, 0.6) is 0 Å². The van der Waals surface area contributed by atoms with Gasteiger partial charge in [0, 0.05) is 12.6 Å². The van der Waals surface area contributed by atoms with Crippen molar-refractivity contribution in [2.45, 2.75) is 18.7 Å². The van der Waals surface area contributed by atoms with Gasteiger partial charge in [0.15, 0.2) is 6.20 Å². The van der Waals surface area contributed by atoms with Gasteiger partial charge in [0.05, 0.1) is 5.92 Å². The molecule has 10 heteroatoms. The van der Waals surface area contributed by atoms with E-state index < -0.39 is 32.7 Å². The summed E-state index contributed by atoms with van der Waals surface area (Å²) in [6, 6.07) is 2.00. The van der Waals surface area contributed by atoms with E-state index >= 15 is 0 Å². The normalized spacial score (nSPS) is 13.1. The van der Waals surface area contributed by atoms with Crippen molar-refractivity contribution in [3.63, 3.8) is 0 Å². The summed E-state index contributed by atoms with van der Waals surface area (Å²) in [4.78, 5) is 23.8. The van der Waals surface area contributed by atoms with E-state index in [9.17, 15) is 23.3 Å². The molecule has 21 heavy (non-hydrogen) atoms. The number of nitrogens with one attached hydrogen (secondary N) is 1. The van der Waals surface area contributed by atoms with Crippen LogP contribution in [0.25, 0.3) is 0 Å². The first-order valence-electron chi connectivity index (χ1n) is 5.98. The molecule has 9 nitrogen and oxygen atoms in total. The standard InChI is InChI=1S/C11H15N3O6S/c1-7(2)9(11(15)16)6-13-21(19,20)8-3-4-10(12-5-8)14(17)18/h3-5,7,9,13H,6H2,1-2H3,(H,15,16). The number of carboxylic acids is 1. The third kappa shape index (κ3) is 4.46. The molecule has 0 amide bonds. The Balaban J connectivity index is 2.86. The summed E-state index contributed by atoms with van der Waals surface area (Å²) in [5, 5.41) is 19.4. The second kappa shape index (κ2) is 6.59. The highest BCUT2D eigenvalue weighted by molar-refractivity contribution is 7.89. The van der Waals surface area contributed by atoms with Crippen LogP contribution < -0.4 is 4.72 Å². The van der Waals surface area contributed by atoms with Crippen LogP contribution in [-0.2, 0) is 14.8 Å². The fourth-order valence-corrected chi connectivity index (χ4v) is 2.53. The van der Waals surface area contributed by atoms with Gasteiger partial charge in [0.25, 0.3) is 0 Å². The molecule has 2 N–H and O–H groups in total. The van der Waals surface area contributed by atoms with Crippen molar-refractivity contribution < 1.29 is 23.2 Å². The van der Waals surface area contributed by atoms with Gasteiger partial charge in [-0.15, -0.1) is 0 Å². The lowest BCUT2D eigenvalue weighted by atomic mass is 9.97. The molecular weight excluding hydrogens is 302 g/mol. The highest BCUT2D eigenvalue weighted by Gasteiger charge is 2.25. The molecule has 0 spiro atoms. The van der Waals surface area contributed by atoms with E-state index in [2.05, 4.69) is 9.71 Å². The SMILES string of the molecule is CC(C)C(CNS(=O)(=O)c1ccc([N+](=O)[O-])nc1)C(=O)O. The van der Waals surface area contributed by atoms with E-state index in [-0.39, 0.29) is 17.4 Å². The molecule has 1 heterocycles. The number of aliphatic carboxylic acids is 1. The van der Waals surface area contributed by atoms with Gasteiger partial charge in [-0.3, -0.25) is 4.79 Å². The number of hydrogen-bond donors (Lipinski definition) is 2. The van der Waals surface area contributed by atoms with E-state index in [0.717, 1.165) is 18.3 Å². The van der Waals surface area contributed by atoms with Crippen LogP contribution in [-0.4, -0.2) is 35.9 Å². The minimum absolute atomic E-state index is 0.250. The lowest BCUT2D eigenvalue weighted by molar-refractivity contribution is -0.389. The lowest BCUT2D eigenvalue weighted by Gasteiger charge is -2.16. The van der Waals surface area contributed by atoms with Gasteiger partial charge in [-0.25, -0.2) is 13.1 Å². The zero-order valence-electron chi connectivity index (χ0n) is 11.4. The molecule has 1 rings (SSSR count). The number of carboxylic acid groups (broad SMARTS) is 1. The van der Waals surface area contributed by atoms with Crippen molar-refractivity contribution in [1.82, 2.24) is 9.71 Å². The molecule has 0 radical (unpaired) electrons. The van der Waals surface area contributed by atoms with E-state index in [4.69, 9.17) is 5.11 Å². The van der Waals surface area contributed by atoms with Gasteiger partial charge >= 0.3 is 11.8 Å². The van der Waals surface area contributed by atoms with Crippen molar-refractivity contribution in [3.8, 4) is 0 Å². The summed E-state index contributed by atoms with van der Waals surface area (Å²) in [6.07, 6.45) is 0.853. The third-order valence-corrected chi connectivity index (χ3v) is 4.24. The Kier molecular flexibility index (Phi) is 5.33. The summed E-state index contributed by atoms with van der Waals surface area (Å²) in [5.41, 5.74) is 0. The zero-order valence-corrected chi connectivity index (χ0v) is 12.2. The Labute approximate surface area is 121 Å². The van der Waals surface area contributed by atoms with E-state index in [1.54, 1.807) is 13.8 Å². The van der Waals surface area contributed by atoms with E-state index in [1.165, 1.54) is 0 Å². The highest BCUT2D eigenvalue weighted by atomic mass is 32.2. The average molecular weight is 317 g/mol. The second-order valence-electron chi connectivity index (χ2n) is 4.65. The molecule has 1 aromatic heterocycles. The van der Waals surface area contributed by atoms with Crippen LogP contribution >= 0.6 is 0 Å². The minimum Gasteiger partial charge on any atom is -0.481 e. The summed E-state index contributed by atoms with van der Waals surface area (Å²) in [6.45, 7) is 3.06. The molecule has 1 aromatic rings. The van der Waals surface area contributed by atoms with Crippen LogP contribution in [0, 0.1) is 22.0 Å². The van der Waals surface area contributed by atoms with Crippen LogP contribution in [0.2, 0.25) is 0 Å². The van der Waals surface area contributed by atoms with Crippen molar-refractivity contribution in [1.29, 1.82) is 0 Å². The minimum atomic E-state index is -3.96. The molecule has 1 unspecified atom stereocenters. The molecule has 1 atom stereocenters. The maximum Gasteiger partial charge on any atom is 0.363 e. The maximum absolute atomic E-state index is 11.9. The maximum atomic E-state index is 11.9. The van der Waals surface area contributed by atoms with Gasteiger partial charge in [-0.2, -0.15) is 0 Å². The smallest absolute Gasteiger partial charge is 0.363 e. The number of sulfonamides is 1. The Morgan fingerprint density at radius 3 is 2.48 bits per heavy atom. The van der Waals surface area contributed by atoms with Gasteiger partial charge in [-0.1, -0.05) is 13.8 Å². The van der Waals surface area contributed by atoms with Crippen molar-refractivity contribution >= 4 is 21.8 Å². The molecule has 0 aliphatic carbocycles. The molecule has 0 bridgehead atoms. The zero-order chi connectivity index (χ0) is 16.2. The van der Waals surface area contributed by atoms with Crippen LogP contribution in [0.3, 0.4) is 0 Å². The topological polar surface area (TPSA) is 140 Å². The van der Waals surface area contributed by atoms with Gasteiger partial charge in [0.2, 0.25) is 10.0 Å². The molecule has 0 aliphatic heterocycles. The number of nitrogens with zero attached hydrogens (tertiary/aromatic N) is 2. The average Bonchev–Trinajstić information content (AvgIpc) is 2.38. The first-order chi connectivity index (χ1) is 9.65. The Morgan fingerprint density at radius 1 is 1.48 bits per heavy atom. The predicted octanol–water partition coefficient (Wildman–Crippen LogP) is 0.625. The highest BCUT2D eigenvalue weighted by Crippen LogP contribution is 2.14. The Bertz CT molecular complexity index is 626. The van der Waals surface area contributed by atoms with Crippen molar-refractivity contribution in [2.24, 2.45) is 11.8 Å². The number of rotatable bonds is 7. The Hall–Kier alpha value is -2.07. The molecule has 0 fully saturated rings. The number of aromatic nitrogens is 1. The third-order valence-electron chi connectivity index (χ3n) is 2.83.